The van der Waals surface area contributed by atoms with Crippen LogP contribution in [0.1, 0.15) is 52.9 Å². The van der Waals surface area contributed by atoms with Crippen LogP contribution in [0, 0.1) is 11.8 Å². The molecule has 1 rings (SSSR count). The molecule has 3 heteroatoms. The van der Waals surface area contributed by atoms with Crippen LogP contribution < -0.4 is 5.32 Å². The smallest absolute Gasteiger partial charge is 0.217 e. The maximum absolute atomic E-state index is 12.1. The maximum atomic E-state index is 12.1. The number of hydrogen-bond acceptors (Lipinski definition) is 2. The average molecular weight is 225 g/mol. The van der Waals surface area contributed by atoms with Crippen molar-refractivity contribution in [3.63, 3.8) is 0 Å². The highest BCUT2D eigenvalue weighted by molar-refractivity contribution is 5.89. The van der Waals surface area contributed by atoms with E-state index in [1.54, 1.807) is 0 Å². The number of nitrogens with one attached hydrogen (secondary N) is 1. The number of carbonyl (C=O) groups excluding carboxylic acids is 2. The van der Waals surface area contributed by atoms with Gasteiger partial charge in [0.25, 0.3) is 0 Å². The van der Waals surface area contributed by atoms with Gasteiger partial charge >= 0.3 is 0 Å². The fourth-order valence-corrected chi connectivity index (χ4v) is 2.47. The molecule has 1 aliphatic carbocycles. The third-order valence-electron chi connectivity index (χ3n) is 3.36. The Morgan fingerprint density at radius 1 is 1.12 bits per heavy atom. The lowest BCUT2D eigenvalue weighted by Gasteiger charge is -2.30. The van der Waals surface area contributed by atoms with Gasteiger partial charge < -0.3 is 5.32 Å². The summed E-state index contributed by atoms with van der Waals surface area (Å²) in [7, 11) is 0. The number of amides is 1. The second-order valence-corrected chi connectivity index (χ2v) is 5.13. The molecule has 0 saturated heterocycles. The van der Waals surface area contributed by atoms with Crippen LogP contribution in [0.25, 0.3) is 0 Å². The van der Waals surface area contributed by atoms with Crippen LogP contribution in [0.3, 0.4) is 0 Å². The molecule has 0 aromatic carbocycles. The maximum Gasteiger partial charge on any atom is 0.217 e. The van der Waals surface area contributed by atoms with Crippen molar-refractivity contribution >= 4 is 11.7 Å². The molecule has 1 amide bonds. The van der Waals surface area contributed by atoms with Crippen molar-refractivity contribution in [3.05, 3.63) is 0 Å². The Bertz CT molecular complexity index is 255. The second kappa shape index (κ2) is 6.02. The quantitative estimate of drug-likeness (QED) is 0.798. The first-order valence-corrected chi connectivity index (χ1v) is 6.33. The van der Waals surface area contributed by atoms with Gasteiger partial charge in [0.05, 0.1) is 6.04 Å². The first-order valence-electron chi connectivity index (χ1n) is 6.33. The Morgan fingerprint density at radius 3 is 2.12 bits per heavy atom. The highest BCUT2D eigenvalue weighted by Gasteiger charge is 2.31. The molecule has 3 nitrogen and oxygen atoms in total. The van der Waals surface area contributed by atoms with Crippen molar-refractivity contribution in [2.75, 3.05) is 0 Å². The Balaban J connectivity index is 2.68. The Morgan fingerprint density at radius 2 is 1.69 bits per heavy atom. The first kappa shape index (κ1) is 13.2. The van der Waals surface area contributed by atoms with E-state index in [-0.39, 0.29) is 23.7 Å². The van der Waals surface area contributed by atoms with Crippen LogP contribution in [-0.2, 0) is 9.59 Å². The summed E-state index contributed by atoms with van der Waals surface area (Å²) in [5, 5.41) is 2.84. The second-order valence-electron chi connectivity index (χ2n) is 5.13. The van der Waals surface area contributed by atoms with Gasteiger partial charge in [-0.25, -0.2) is 0 Å². The Kier molecular flexibility index (Phi) is 4.97. The van der Waals surface area contributed by atoms with Crippen LogP contribution in [-0.4, -0.2) is 17.7 Å². The van der Waals surface area contributed by atoms with Crippen LogP contribution in [0.4, 0.5) is 0 Å². The zero-order valence-corrected chi connectivity index (χ0v) is 10.6. The summed E-state index contributed by atoms with van der Waals surface area (Å²) in [6, 6.07) is -0.252. The van der Waals surface area contributed by atoms with Gasteiger partial charge in [0.1, 0.15) is 0 Å². The monoisotopic (exact) mass is 225 g/mol. The van der Waals surface area contributed by atoms with Crippen LogP contribution in [0.2, 0.25) is 0 Å². The zero-order chi connectivity index (χ0) is 12.1. The zero-order valence-electron chi connectivity index (χ0n) is 10.6. The molecule has 1 saturated carbocycles. The van der Waals surface area contributed by atoms with Crippen molar-refractivity contribution in [1.82, 2.24) is 5.32 Å². The standard InChI is InChI=1S/C13H23NO2/c1-9(2)13(16)12(14-10(3)15)11-7-5-4-6-8-11/h9,11-12H,4-8H2,1-3H3,(H,14,15)/t12-/m1/s1. The van der Waals surface area contributed by atoms with E-state index in [2.05, 4.69) is 5.32 Å². The van der Waals surface area contributed by atoms with Crippen molar-refractivity contribution in [3.8, 4) is 0 Å². The lowest BCUT2D eigenvalue weighted by molar-refractivity contribution is -0.130. The van der Waals surface area contributed by atoms with Crippen LogP contribution in [0.5, 0.6) is 0 Å². The van der Waals surface area contributed by atoms with Crippen LogP contribution in [0.15, 0.2) is 0 Å². The SMILES string of the molecule is CC(=O)N[C@@H](C(=O)C(C)C)C1CCCCC1. The van der Waals surface area contributed by atoms with Gasteiger partial charge in [0.15, 0.2) is 5.78 Å². The number of hydrogen-bond donors (Lipinski definition) is 1. The molecule has 0 spiro atoms. The fourth-order valence-electron chi connectivity index (χ4n) is 2.47. The largest absolute Gasteiger partial charge is 0.346 e. The van der Waals surface area contributed by atoms with Gasteiger partial charge in [0.2, 0.25) is 5.91 Å². The molecule has 1 atom stereocenters. The van der Waals surface area contributed by atoms with Crippen molar-refractivity contribution in [2.24, 2.45) is 11.8 Å². The molecular weight excluding hydrogens is 202 g/mol. The summed E-state index contributed by atoms with van der Waals surface area (Å²) >= 11 is 0. The highest BCUT2D eigenvalue weighted by atomic mass is 16.2. The van der Waals surface area contributed by atoms with Gasteiger partial charge in [-0.2, -0.15) is 0 Å². The van der Waals surface area contributed by atoms with Crippen molar-refractivity contribution < 1.29 is 9.59 Å². The number of carbonyl (C=O) groups is 2. The number of rotatable bonds is 4. The minimum atomic E-state index is -0.252. The summed E-state index contributed by atoms with van der Waals surface area (Å²) in [6.45, 7) is 5.30. The van der Waals surface area contributed by atoms with E-state index in [0.717, 1.165) is 12.8 Å². The fraction of sp³-hybridized carbons (Fsp3) is 0.846. The molecule has 1 aliphatic rings. The number of ketones is 1. The van der Waals surface area contributed by atoms with Gasteiger partial charge in [0, 0.05) is 12.8 Å². The molecule has 0 radical (unpaired) electrons. The predicted molar refractivity (Wildman–Crippen MR) is 64.0 cm³/mol. The summed E-state index contributed by atoms with van der Waals surface area (Å²) in [5.41, 5.74) is 0. The third kappa shape index (κ3) is 3.62. The third-order valence-corrected chi connectivity index (χ3v) is 3.36. The lowest BCUT2D eigenvalue weighted by atomic mass is 9.80. The van der Waals surface area contributed by atoms with E-state index in [0.29, 0.717) is 5.92 Å². The highest BCUT2D eigenvalue weighted by Crippen LogP contribution is 2.27. The Hall–Kier alpha value is -0.860. The molecular formula is C13H23NO2. The van der Waals surface area contributed by atoms with E-state index in [4.69, 9.17) is 0 Å². The summed E-state index contributed by atoms with van der Waals surface area (Å²) < 4.78 is 0. The topological polar surface area (TPSA) is 46.2 Å². The van der Waals surface area contributed by atoms with E-state index in [1.807, 2.05) is 13.8 Å². The molecule has 0 bridgehead atoms. The minimum absolute atomic E-state index is 0.00113. The summed E-state index contributed by atoms with van der Waals surface area (Å²) in [4.78, 5) is 23.2. The molecule has 0 unspecified atom stereocenters. The normalized spacial score (nSPS) is 19.5. The predicted octanol–water partition coefficient (Wildman–Crippen LogP) is 2.30. The number of Topliss-reactive ketones (excluding diaryl/α,β-unsaturated/α-hetero) is 1. The van der Waals surface area contributed by atoms with Crippen LogP contribution >= 0.6 is 0 Å². The molecule has 92 valence electrons. The average Bonchev–Trinajstić information content (AvgIpc) is 2.26. The lowest BCUT2D eigenvalue weighted by Crippen LogP contribution is -2.47. The Labute approximate surface area is 98.0 Å². The molecule has 0 heterocycles. The van der Waals surface area contributed by atoms with E-state index in [1.165, 1.54) is 26.2 Å². The van der Waals surface area contributed by atoms with Crippen molar-refractivity contribution in [1.29, 1.82) is 0 Å². The molecule has 1 fully saturated rings. The van der Waals surface area contributed by atoms with E-state index >= 15 is 0 Å². The summed E-state index contributed by atoms with van der Waals surface area (Å²) in [6.07, 6.45) is 5.78. The van der Waals surface area contributed by atoms with E-state index in [9.17, 15) is 9.59 Å². The molecule has 0 aliphatic heterocycles. The minimum Gasteiger partial charge on any atom is -0.346 e. The van der Waals surface area contributed by atoms with Gasteiger partial charge in [-0.15, -0.1) is 0 Å². The van der Waals surface area contributed by atoms with Gasteiger partial charge in [-0.3, -0.25) is 9.59 Å². The van der Waals surface area contributed by atoms with Gasteiger partial charge in [-0.1, -0.05) is 33.1 Å². The van der Waals surface area contributed by atoms with Gasteiger partial charge in [-0.05, 0) is 18.8 Å². The molecule has 0 aromatic heterocycles. The molecule has 16 heavy (non-hydrogen) atoms. The van der Waals surface area contributed by atoms with Crippen molar-refractivity contribution in [2.45, 2.75) is 58.9 Å². The van der Waals surface area contributed by atoms with E-state index < -0.39 is 0 Å². The first-order chi connectivity index (χ1) is 7.52. The summed E-state index contributed by atoms with van der Waals surface area (Å²) in [5.74, 6) is 0.443. The molecule has 1 N–H and O–H groups in total. The molecule has 0 aromatic rings.